The molecule has 102 valence electrons. The molecule has 1 saturated heterocycles. The van der Waals surface area contributed by atoms with Crippen LogP contribution in [-0.2, 0) is 0 Å². The molecule has 0 saturated carbocycles. The van der Waals surface area contributed by atoms with Crippen LogP contribution in [0.15, 0.2) is 12.3 Å². The average molecular weight is 288 g/mol. The monoisotopic (exact) mass is 287 g/mol. The summed E-state index contributed by atoms with van der Waals surface area (Å²) in [6.07, 6.45) is -1.21. The van der Waals surface area contributed by atoms with E-state index in [1.54, 1.807) is 0 Å². The lowest BCUT2D eigenvalue weighted by Crippen LogP contribution is -2.30. The maximum Gasteiger partial charge on any atom is 0.300 e. The molecular formula is C10H10ClN3O5. The molecule has 1 fully saturated rings. The number of rotatable bonds is 2. The summed E-state index contributed by atoms with van der Waals surface area (Å²) in [6.45, 7) is -0.172. The number of carbonyl (C=O) groups excluding carboxylic acids is 1. The molecule has 2 rings (SSSR count). The fourth-order valence-corrected chi connectivity index (χ4v) is 2.00. The number of amides is 1. The van der Waals surface area contributed by atoms with Gasteiger partial charge in [-0.2, -0.15) is 0 Å². The van der Waals surface area contributed by atoms with Crippen LogP contribution in [0.25, 0.3) is 0 Å². The van der Waals surface area contributed by atoms with Crippen molar-refractivity contribution in [1.82, 2.24) is 9.88 Å². The molecule has 0 bridgehead atoms. The molecule has 19 heavy (non-hydrogen) atoms. The van der Waals surface area contributed by atoms with Crippen molar-refractivity contribution in [1.29, 1.82) is 0 Å². The Bertz CT molecular complexity index is 528. The zero-order chi connectivity index (χ0) is 14.2. The van der Waals surface area contributed by atoms with E-state index >= 15 is 0 Å². The molecule has 0 aliphatic carbocycles. The summed E-state index contributed by atoms with van der Waals surface area (Å²) in [5.41, 5.74) is -0.684. The second kappa shape index (κ2) is 5.08. The molecule has 8 nitrogen and oxygen atoms in total. The molecule has 1 aliphatic heterocycles. The maximum absolute atomic E-state index is 12.1. The highest BCUT2D eigenvalue weighted by Gasteiger charge is 2.35. The minimum absolute atomic E-state index is 0.0470. The van der Waals surface area contributed by atoms with Crippen LogP contribution in [-0.4, -0.2) is 56.2 Å². The van der Waals surface area contributed by atoms with Crippen LogP contribution >= 0.6 is 11.6 Å². The van der Waals surface area contributed by atoms with Crippen molar-refractivity contribution in [3.8, 4) is 0 Å². The molecular weight excluding hydrogens is 278 g/mol. The van der Waals surface area contributed by atoms with Crippen molar-refractivity contribution in [3.63, 3.8) is 0 Å². The summed E-state index contributed by atoms with van der Waals surface area (Å²) in [6, 6.07) is 1.10. The van der Waals surface area contributed by atoms with Crippen molar-refractivity contribution in [3.05, 3.63) is 33.1 Å². The van der Waals surface area contributed by atoms with Gasteiger partial charge in [0.05, 0.1) is 17.1 Å². The zero-order valence-electron chi connectivity index (χ0n) is 9.56. The summed E-state index contributed by atoms with van der Waals surface area (Å²) in [7, 11) is 0. The molecule has 9 heteroatoms. The minimum atomic E-state index is -1.06. The lowest BCUT2D eigenvalue weighted by molar-refractivity contribution is -0.385. The van der Waals surface area contributed by atoms with Gasteiger partial charge in [-0.15, -0.1) is 0 Å². The predicted molar refractivity (Wildman–Crippen MR) is 63.8 cm³/mol. The van der Waals surface area contributed by atoms with Crippen LogP contribution in [0.2, 0.25) is 5.15 Å². The van der Waals surface area contributed by atoms with Crippen LogP contribution < -0.4 is 0 Å². The molecule has 1 aromatic heterocycles. The lowest BCUT2D eigenvalue weighted by Gasteiger charge is -2.15. The third-order valence-corrected chi connectivity index (χ3v) is 3.03. The summed E-state index contributed by atoms with van der Waals surface area (Å²) in [5, 5.41) is 29.5. The number of aromatic nitrogens is 1. The average Bonchev–Trinajstić information content (AvgIpc) is 2.68. The summed E-state index contributed by atoms with van der Waals surface area (Å²) < 4.78 is 0. The molecule has 2 atom stereocenters. The Balaban J connectivity index is 2.33. The Labute approximate surface area is 112 Å². The molecule has 1 aliphatic rings. The molecule has 0 aromatic carbocycles. The molecule has 1 amide bonds. The van der Waals surface area contributed by atoms with Crippen LogP contribution in [0, 0.1) is 10.1 Å². The number of pyridine rings is 1. The van der Waals surface area contributed by atoms with Gasteiger partial charge in [0.25, 0.3) is 11.6 Å². The van der Waals surface area contributed by atoms with E-state index in [-0.39, 0.29) is 23.8 Å². The van der Waals surface area contributed by atoms with Crippen molar-refractivity contribution >= 4 is 23.2 Å². The predicted octanol–water partition coefficient (Wildman–Crippen LogP) is -0.179. The first kappa shape index (κ1) is 13.7. The van der Waals surface area contributed by atoms with E-state index < -0.39 is 28.7 Å². The number of carbonyl (C=O) groups is 1. The van der Waals surface area contributed by atoms with Crippen LogP contribution in [0.4, 0.5) is 5.69 Å². The van der Waals surface area contributed by atoms with Crippen molar-refractivity contribution in [2.24, 2.45) is 0 Å². The number of hydrogen-bond donors (Lipinski definition) is 2. The van der Waals surface area contributed by atoms with Crippen molar-refractivity contribution in [2.75, 3.05) is 13.1 Å². The van der Waals surface area contributed by atoms with Crippen LogP contribution in [0.5, 0.6) is 0 Å². The van der Waals surface area contributed by atoms with Crippen LogP contribution in [0.3, 0.4) is 0 Å². The van der Waals surface area contributed by atoms with Gasteiger partial charge in [-0.1, -0.05) is 11.6 Å². The van der Waals surface area contributed by atoms with Crippen molar-refractivity contribution in [2.45, 2.75) is 12.2 Å². The molecule has 2 unspecified atom stereocenters. The molecule has 0 spiro atoms. The van der Waals surface area contributed by atoms with Gasteiger partial charge in [-0.05, 0) is 6.07 Å². The first-order valence-corrected chi connectivity index (χ1v) is 5.73. The third-order valence-electron chi connectivity index (χ3n) is 2.82. The standard InChI is InChI=1S/C10H10ClN3O5/c11-9-1-5(6(2-12-9)14(18)19)10(17)13-3-7(15)8(16)4-13/h1-2,7-8,15-16H,3-4H2. The molecule has 1 aromatic rings. The Morgan fingerprint density at radius 2 is 2.05 bits per heavy atom. The number of likely N-dealkylation sites (tertiary alicyclic amines) is 1. The Morgan fingerprint density at radius 3 is 2.58 bits per heavy atom. The van der Waals surface area contributed by atoms with Gasteiger partial charge < -0.3 is 15.1 Å². The SMILES string of the molecule is O=C(c1cc(Cl)ncc1[N+](=O)[O-])N1CC(O)C(O)C1. The van der Waals surface area contributed by atoms with Gasteiger partial charge in [0.1, 0.15) is 16.9 Å². The van der Waals surface area contributed by atoms with E-state index in [1.165, 1.54) is 0 Å². The Kier molecular flexibility index (Phi) is 3.65. The van der Waals surface area contributed by atoms with Gasteiger partial charge in [-0.3, -0.25) is 14.9 Å². The number of aliphatic hydroxyl groups is 2. The number of β-amino-alcohol motifs (C(OH)–C–C–N with tert-alkyl or cyclic N) is 2. The summed E-state index contributed by atoms with van der Waals surface area (Å²) in [4.78, 5) is 26.9. The summed E-state index contributed by atoms with van der Waals surface area (Å²) in [5.74, 6) is -0.674. The highest BCUT2D eigenvalue weighted by molar-refractivity contribution is 6.29. The molecule has 2 N–H and O–H groups in total. The number of nitrogens with zero attached hydrogens (tertiary/aromatic N) is 3. The highest BCUT2D eigenvalue weighted by Crippen LogP contribution is 2.23. The van der Waals surface area contributed by atoms with E-state index in [0.717, 1.165) is 17.2 Å². The van der Waals surface area contributed by atoms with Gasteiger partial charge >= 0.3 is 0 Å². The quantitative estimate of drug-likeness (QED) is 0.443. The highest BCUT2D eigenvalue weighted by atomic mass is 35.5. The van der Waals surface area contributed by atoms with E-state index in [4.69, 9.17) is 11.6 Å². The van der Waals surface area contributed by atoms with Crippen molar-refractivity contribution < 1.29 is 19.9 Å². The third kappa shape index (κ3) is 2.65. The van der Waals surface area contributed by atoms with Crippen LogP contribution in [0.1, 0.15) is 10.4 Å². The Hall–Kier alpha value is -1.77. The van der Waals surface area contributed by atoms with E-state index in [9.17, 15) is 25.1 Å². The van der Waals surface area contributed by atoms with Gasteiger partial charge in [0, 0.05) is 13.1 Å². The number of hydrogen-bond acceptors (Lipinski definition) is 6. The smallest absolute Gasteiger partial charge is 0.300 e. The zero-order valence-corrected chi connectivity index (χ0v) is 10.3. The topological polar surface area (TPSA) is 117 Å². The maximum atomic E-state index is 12.1. The van der Waals surface area contributed by atoms with E-state index in [1.807, 2.05) is 0 Å². The summed E-state index contributed by atoms with van der Waals surface area (Å²) >= 11 is 5.63. The van der Waals surface area contributed by atoms with Gasteiger partial charge in [0.2, 0.25) is 0 Å². The lowest BCUT2D eigenvalue weighted by atomic mass is 10.2. The minimum Gasteiger partial charge on any atom is -0.388 e. The van der Waals surface area contributed by atoms with E-state index in [0.29, 0.717) is 0 Å². The fraction of sp³-hybridized carbons (Fsp3) is 0.400. The van der Waals surface area contributed by atoms with E-state index in [2.05, 4.69) is 4.98 Å². The fourth-order valence-electron chi connectivity index (χ4n) is 1.85. The Morgan fingerprint density at radius 1 is 1.47 bits per heavy atom. The largest absolute Gasteiger partial charge is 0.388 e. The molecule has 0 radical (unpaired) electrons. The first-order chi connectivity index (χ1) is 8.90. The first-order valence-electron chi connectivity index (χ1n) is 5.35. The molecule has 2 heterocycles. The normalized spacial score (nSPS) is 22.6. The second-order valence-electron chi connectivity index (χ2n) is 4.13. The van der Waals surface area contributed by atoms with Gasteiger partial charge in [-0.25, -0.2) is 4.98 Å². The second-order valence-corrected chi connectivity index (χ2v) is 4.51. The number of halogens is 1. The van der Waals surface area contributed by atoms with Gasteiger partial charge in [0.15, 0.2) is 0 Å². The number of aliphatic hydroxyl groups excluding tert-OH is 2. The number of nitro groups is 1.